The maximum atomic E-state index is 11.8. The molecule has 1 aromatic rings. The van der Waals surface area contributed by atoms with Crippen molar-refractivity contribution < 1.29 is 4.79 Å². The van der Waals surface area contributed by atoms with Gasteiger partial charge in [0.1, 0.15) is 5.82 Å². The molecule has 0 atom stereocenters. The Morgan fingerprint density at radius 3 is 2.47 bits per heavy atom. The van der Waals surface area contributed by atoms with Crippen LogP contribution in [0, 0.1) is 11.8 Å². The van der Waals surface area contributed by atoms with E-state index in [4.69, 9.17) is 0 Å². The maximum absolute atomic E-state index is 11.8. The number of carbonyl (C=O) groups is 1. The quantitative estimate of drug-likeness (QED) is 0.795. The summed E-state index contributed by atoms with van der Waals surface area (Å²) in [6, 6.07) is 3.66. The van der Waals surface area contributed by atoms with E-state index in [2.05, 4.69) is 43.3 Å². The van der Waals surface area contributed by atoms with Crippen LogP contribution in [0.2, 0.25) is 0 Å². The lowest BCUT2D eigenvalue weighted by Crippen LogP contribution is -2.27. The fourth-order valence-electron chi connectivity index (χ4n) is 1.52. The van der Waals surface area contributed by atoms with Crippen molar-refractivity contribution >= 4 is 11.7 Å². The molecule has 0 aliphatic carbocycles. The van der Waals surface area contributed by atoms with Crippen LogP contribution in [0.3, 0.4) is 0 Å². The average Bonchev–Trinajstić information content (AvgIpc) is 2.36. The number of nitrogens with one attached hydrogen (secondary N) is 2. The first-order chi connectivity index (χ1) is 8.99. The number of carbonyl (C=O) groups excluding carboxylic acids is 1. The molecular weight excluding hydrogens is 238 g/mol. The van der Waals surface area contributed by atoms with Gasteiger partial charge in [-0.2, -0.15) is 0 Å². The standard InChI is InChI=1S/C15H25N3O/c1-11(2)7-8-16-14-6-5-13(10-17-14)15(19)18-9-12(3)4/h5-6,10-12H,7-9H2,1-4H3,(H,16,17)(H,18,19). The molecule has 0 aromatic carbocycles. The van der Waals surface area contributed by atoms with Crippen molar-refractivity contribution in [2.24, 2.45) is 11.8 Å². The Hall–Kier alpha value is -1.58. The van der Waals surface area contributed by atoms with Crippen molar-refractivity contribution in [3.63, 3.8) is 0 Å². The fourth-order valence-corrected chi connectivity index (χ4v) is 1.52. The zero-order valence-electron chi connectivity index (χ0n) is 12.4. The van der Waals surface area contributed by atoms with Gasteiger partial charge in [-0.1, -0.05) is 27.7 Å². The summed E-state index contributed by atoms with van der Waals surface area (Å²) in [6.45, 7) is 10.1. The van der Waals surface area contributed by atoms with Crippen LogP contribution in [0.5, 0.6) is 0 Å². The van der Waals surface area contributed by atoms with E-state index in [1.54, 1.807) is 12.3 Å². The molecule has 1 amide bonds. The summed E-state index contributed by atoms with van der Waals surface area (Å²) >= 11 is 0. The first-order valence-electron chi connectivity index (χ1n) is 6.97. The highest BCUT2D eigenvalue weighted by Crippen LogP contribution is 2.07. The largest absolute Gasteiger partial charge is 0.370 e. The lowest BCUT2D eigenvalue weighted by molar-refractivity contribution is 0.0948. The molecule has 0 unspecified atom stereocenters. The molecule has 0 radical (unpaired) electrons. The van der Waals surface area contributed by atoms with Gasteiger partial charge in [-0.25, -0.2) is 4.98 Å². The predicted octanol–water partition coefficient (Wildman–Crippen LogP) is 2.93. The first-order valence-corrected chi connectivity index (χ1v) is 6.97. The van der Waals surface area contributed by atoms with Crippen molar-refractivity contribution in [3.05, 3.63) is 23.9 Å². The van der Waals surface area contributed by atoms with Gasteiger partial charge in [0, 0.05) is 19.3 Å². The summed E-state index contributed by atoms with van der Waals surface area (Å²) in [5.74, 6) is 1.89. The van der Waals surface area contributed by atoms with Gasteiger partial charge in [-0.05, 0) is 30.4 Å². The molecule has 0 spiro atoms. The summed E-state index contributed by atoms with van der Waals surface area (Å²) in [7, 11) is 0. The van der Waals surface area contributed by atoms with Crippen LogP contribution >= 0.6 is 0 Å². The molecular formula is C15H25N3O. The van der Waals surface area contributed by atoms with Gasteiger partial charge in [-0.3, -0.25) is 4.79 Å². The lowest BCUT2D eigenvalue weighted by Gasteiger charge is -2.09. The molecule has 0 saturated heterocycles. The topological polar surface area (TPSA) is 54.0 Å². The van der Waals surface area contributed by atoms with E-state index in [9.17, 15) is 4.79 Å². The van der Waals surface area contributed by atoms with Gasteiger partial charge in [0.05, 0.1) is 5.56 Å². The third-order valence-corrected chi connectivity index (χ3v) is 2.72. The van der Waals surface area contributed by atoms with Gasteiger partial charge in [-0.15, -0.1) is 0 Å². The van der Waals surface area contributed by atoms with E-state index in [1.165, 1.54) is 0 Å². The second-order valence-electron chi connectivity index (χ2n) is 5.65. The number of nitrogens with zero attached hydrogens (tertiary/aromatic N) is 1. The Kier molecular flexibility index (Phi) is 6.33. The number of hydrogen-bond donors (Lipinski definition) is 2. The zero-order valence-corrected chi connectivity index (χ0v) is 12.4. The Morgan fingerprint density at radius 1 is 1.21 bits per heavy atom. The summed E-state index contributed by atoms with van der Waals surface area (Å²) < 4.78 is 0. The summed E-state index contributed by atoms with van der Waals surface area (Å²) in [5.41, 5.74) is 0.607. The molecule has 2 N–H and O–H groups in total. The van der Waals surface area contributed by atoms with Gasteiger partial charge in [0.2, 0.25) is 0 Å². The fraction of sp³-hybridized carbons (Fsp3) is 0.600. The Labute approximate surface area is 116 Å². The predicted molar refractivity (Wildman–Crippen MR) is 79.4 cm³/mol. The van der Waals surface area contributed by atoms with E-state index in [0.717, 1.165) is 18.8 Å². The molecule has 0 aliphatic heterocycles. The number of hydrogen-bond acceptors (Lipinski definition) is 3. The zero-order chi connectivity index (χ0) is 14.3. The molecule has 4 nitrogen and oxygen atoms in total. The van der Waals surface area contributed by atoms with Crippen LogP contribution in [0.4, 0.5) is 5.82 Å². The van der Waals surface area contributed by atoms with Crippen LogP contribution in [0.25, 0.3) is 0 Å². The first kappa shape index (κ1) is 15.5. The minimum absolute atomic E-state index is 0.0602. The highest BCUT2D eigenvalue weighted by molar-refractivity contribution is 5.94. The molecule has 106 valence electrons. The van der Waals surface area contributed by atoms with Gasteiger partial charge in [0.15, 0.2) is 0 Å². The molecule has 0 bridgehead atoms. The molecule has 1 rings (SSSR count). The monoisotopic (exact) mass is 263 g/mol. The molecule has 4 heteroatoms. The summed E-state index contributed by atoms with van der Waals surface area (Å²) in [6.07, 6.45) is 2.73. The van der Waals surface area contributed by atoms with Crippen LogP contribution in [0.1, 0.15) is 44.5 Å². The third-order valence-electron chi connectivity index (χ3n) is 2.72. The maximum Gasteiger partial charge on any atom is 0.252 e. The molecule has 1 aromatic heterocycles. The minimum atomic E-state index is -0.0602. The van der Waals surface area contributed by atoms with E-state index in [0.29, 0.717) is 23.9 Å². The summed E-state index contributed by atoms with van der Waals surface area (Å²) in [5, 5.41) is 6.13. The Morgan fingerprint density at radius 2 is 1.95 bits per heavy atom. The van der Waals surface area contributed by atoms with Crippen molar-refractivity contribution in [1.82, 2.24) is 10.3 Å². The van der Waals surface area contributed by atoms with Crippen LogP contribution < -0.4 is 10.6 Å². The highest BCUT2D eigenvalue weighted by Gasteiger charge is 2.06. The van der Waals surface area contributed by atoms with Crippen molar-refractivity contribution in [2.75, 3.05) is 18.4 Å². The van der Waals surface area contributed by atoms with Gasteiger partial charge < -0.3 is 10.6 Å². The van der Waals surface area contributed by atoms with Gasteiger partial charge in [0.25, 0.3) is 5.91 Å². The Bertz CT molecular complexity index is 385. The smallest absolute Gasteiger partial charge is 0.252 e. The molecule has 1 heterocycles. The second-order valence-corrected chi connectivity index (χ2v) is 5.65. The van der Waals surface area contributed by atoms with Crippen LogP contribution in [0.15, 0.2) is 18.3 Å². The lowest BCUT2D eigenvalue weighted by atomic mass is 10.1. The van der Waals surface area contributed by atoms with Crippen molar-refractivity contribution in [3.8, 4) is 0 Å². The molecule has 19 heavy (non-hydrogen) atoms. The van der Waals surface area contributed by atoms with Crippen molar-refractivity contribution in [2.45, 2.75) is 34.1 Å². The van der Waals surface area contributed by atoms with E-state index < -0.39 is 0 Å². The average molecular weight is 263 g/mol. The van der Waals surface area contributed by atoms with E-state index in [1.807, 2.05) is 6.07 Å². The molecule has 0 aliphatic rings. The van der Waals surface area contributed by atoms with Crippen LogP contribution in [-0.2, 0) is 0 Å². The number of rotatable bonds is 7. The van der Waals surface area contributed by atoms with Crippen molar-refractivity contribution in [1.29, 1.82) is 0 Å². The normalized spacial score (nSPS) is 10.8. The molecule has 0 saturated carbocycles. The summed E-state index contributed by atoms with van der Waals surface area (Å²) in [4.78, 5) is 16.0. The van der Waals surface area contributed by atoms with E-state index in [-0.39, 0.29) is 5.91 Å². The number of anilines is 1. The molecule has 0 fully saturated rings. The number of amides is 1. The Balaban J connectivity index is 2.44. The second kappa shape index (κ2) is 7.77. The third kappa shape index (κ3) is 6.22. The minimum Gasteiger partial charge on any atom is -0.370 e. The van der Waals surface area contributed by atoms with Gasteiger partial charge >= 0.3 is 0 Å². The highest BCUT2D eigenvalue weighted by atomic mass is 16.1. The van der Waals surface area contributed by atoms with E-state index >= 15 is 0 Å². The number of pyridine rings is 1. The van der Waals surface area contributed by atoms with Crippen LogP contribution in [-0.4, -0.2) is 24.0 Å². The number of aromatic nitrogens is 1. The SMILES string of the molecule is CC(C)CCNc1ccc(C(=O)NCC(C)C)cn1.